The second-order valence-corrected chi connectivity index (χ2v) is 7.41. The zero-order valence-corrected chi connectivity index (χ0v) is 15.0. The molecule has 0 unspecified atom stereocenters. The predicted octanol–water partition coefficient (Wildman–Crippen LogP) is 4.56. The molecule has 1 fully saturated rings. The van der Waals surface area contributed by atoms with Crippen LogP contribution in [0.4, 0.5) is 0 Å². The van der Waals surface area contributed by atoms with E-state index < -0.39 is 6.10 Å². The third-order valence-electron chi connectivity index (χ3n) is 5.48. The average molecular weight is 329 g/mol. The van der Waals surface area contributed by atoms with E-state index in [1.165, 1.54) is 56.1 Å². The fourth-order valence-electron chi connectivity index (χ4n) is 4.02. The summed E-state index contributed by atoms with van der Waals surface area (Å²) in [7, 11) is 0. The normalized spacial score (nSPS) is 20.4. The Labute approximate surface area is 146 Å². The first-order chi connectivity index (χ1) is 11.7. The van der Waals surface area contributed by atoms with E-state index in [9.17, 15) is 4.79 Å². The average Bonchev–Trinajstić information content (AvgIpc) is 2.57. The molecule has 0 heterocycles. The molecule has 24 heavy (non-hydrogen) atoms. The van der Waals surface area contributed by atoms with E-state index in [0.29, 0.717) is 6.04 Å². The Kier molecular flexibility index (Phi) is 6.17. The van der Waals surface area contributed by atoms with Gasteiger partial charge in [0.25, 0.3) is 5.91 Å². The largest absolute Gasteiger partial charge is 0.481 e. The van der Waals surface area contributed by atoms with Crippen LogP contribution in [-0.2, 0) is 17.6 Å². The Morgan fingerprint density at radius 2 is 1.75 bits per heavy atom. The second-order valence-electron chi connectivity index (χ2n) is 7.41. The maximum atomic E-state index is 12.5. The first kappa shape index (κ1) is 17.3. The van der Waals surface area contributed by atoms with Crippen molar-refractivity contribution in [1.29, 1.82) is 0 Å². The van der Waals surface area contributed by atoms with Gasteiger partial charge in [-0.25, -0.2) is 0 Å². The van der Waals surface area contributed by atoms with Gasteiger partial charge in [-0.3, -0.25) is 4.79 Å². The van der Waals surface area contributed by atoms with Crippen molar-refractivity contribution in [2.24, 2.45) is 0 Å². The highest BCUT2D eigenvalue weighted by atomic mass is 16.5. The van der Waals surface area contributed by atoms with Crippen LogP contribution in [0.1, 0.15) is 75.8 Å². The molecule has 1 aromatic carbocycles. The summed E-state index contributed by atoms with van der Waals surface area (Å²) in [5.41, 5.74) is 2.71. The first-order valence-electron chi connectivity index (χ1n) is 9.82. The highest BCUT2D eigenvalue weighted by Gasteiger charge is 2.22. The van der Waals surface area contributed by atoms with Crippen LogP contribution in [0.3, 0.4) is 0 Å². The van der Waals surface area contributed by atoms with Gasteiger partial charge in [0, 0.05) is 6.04 Å². The monoisotopic (exact) mass is 329 g/mol. The lowest BCUT2D eigenvalue weighted by molar-refractivity contribution is -0.128. The van der Waals surface area contributed by atoms with Gasteiger partial charge < -0.3 is 10.1 Å². The Hall–Kier alpha value is -1.51. The van der Waals surface area contributed by atoms with E-state index in [0.717, 1.165) is 31.4 Å². The van der Waals surface area contributed by atoms with Crippen molar-refractivity contribution < 1.29 is 9.53 Å². The van der Waals surface area contributed by atoms with Gasteiger partial charge in [-0.1, -0.05) is 44.2 Å². The van der Waals surface area contributed by atoms with Crippen molar-refractivity contribution in [3.63, 3.8) is 0 Å². The van der Waals surface area contributed by atoms with Crippen molar-refractivity contribution in [3.05, 3.63) is 29.3 Å². The van der Waals surface area contributed by atoms with Crippen molar-refractivity contribution in [2.75, 3.05) is 0 Å². The molecule has 0 bridgehead atoms. The summed E-state index contributed by atoms with van der Waals surface area (Å²) in [6, 6.07) is 6.59. The molecule has 3 nitrogen and oxygen atoms in total. The Morgan fingerprint density at radius 1 is 1.04 bits per heavy atom. The summed E-state index contributed by atoms with van der Waals surface area (Å²) in [6.45, 7) is 1.88. The minimum Gasteiger partial charge on any atom is -0.481 e. The lowest BCUT2D eigenvalue weighted by Gasteiger charge is -2.25. The number of carbonyl (C=O) groups is 1. The molecule has 0 spiro atoms. The smallest absolute Gasteiger partial charge is 0.260 e. The van der Waals surface area contributed by atoms with Gasteiger partial charge >= 0.3 is 0 Å². The van der Waals surface area contributed by atoms with Crippen molar-refractivity contribution >= 4 is 5.91 Å². The molecule has 1 amide bonds. The molecule has 2 aliphatic carbocycles. The SMILES string of the molecule is C[C@H](Oc1cccc2c1CCCC2)C(=O)NC1CCCCCCC1. The number of amides is 1. The number of ether oxygens (including phenoxy) is 1. The number of benzene rings is 1. The molecule has 0 aliphatic heterocycles. The van der Waals surface area contributed by atoms with Gasteiger partial charge in [0.1, 0.15) is 5.75 Å². The molecule has 1 saturated carbocycles. The Bertz CT molecular complexity index is 547. The van der Waals surface area contributed by atoms with E-state index in [1.54, 1.807) is 0 Å². The fourth-order valence-corrected chi connectivity index (χ4v) is 4.02. The van der Waals surface area contributed by atoms with Crippen LogP contribution in [0.25, 0.3) is 0 Å². The summed E-state index contributed by atoms with van der Waals surface area (Å²) in [6.07, 6.45) is 12.9. The van der Waals surface area contributed by atoms with Crippen LogP contribution in [0, 0.1) is 0 Å². The standard InChI is InChI=1S/C21H31NO2/c1-16(21(23)22-18-12-5-3-2-4-6-13-18)24-20-15-9-11-17-10-7-8-14-19(17)20/h9,11,15-16,18H,2-8,10,12-14H2,1H3,(H,22,23)/t16-/m0/s1. The van der Waals surface area contributed by atoms with Crippen LogP contribution < -0.4 is 10.1 Å². The fraction of sp³-hybridized carbons (Fsp3) is 0.667. The number of fused-ring (bicyclic) bond motifs is 1. The minimum absolute atomic E-state index is 0.0361. The molecule has 1 atom stereocenters. The van der Waals surface area contributed by atoms with Gasteiger partial charge in [0.15, 0.2) is 6.10 Å². The van der Waals surface area contributed by atoms with E-state index in [-0.39, 0.29) is 5.91 Å². The topological polar surface area (TPSA) is 38.3 Å². The molecule has 0 radical (unpaired) electrons. The summed E-state index contributed by atoms with van der Waals surface area (Å²) in [5, 5.41) is 3.22. The highest BCUT2D eigenvalue weighted by molar-refractivity contribution is 5.81. The Balaban J connectivity index is 1.58. The van der Waals surface area contributed by atoms with Crippen LogP contribution >= 0.6 is 0 Å². The predicted molar refractivity (Wildman–Crippen MR) is 97.4 cm³/mol. The van der Waals surface area contributed by atoms with Crippen LogP contribution in [-0.4, -0.2) is 18.1 Å². The zero-order valence-electron chi connectivity index (χ0n) is 15.0. The molecule has 0 saturated heterocycles. The summed E-state index contributed by atoms with van der Waals surface area (Å²) in [5.74, 6) is 0.946. The Morgan fingerprint density at radius 3 is 2.54 bits per heavy atom. The van der Waals surface area contributed by atoms with E-state index >= 15 is 0 Å². The number of nitrogens with one attached hydrogen (secondary N) is 1. The molecule has 132 valence electrons. The molecule has 0 aromatic heterocycles. The van der Waals surface area contributed by atoms with Gasteiger partial charge in [-0.05, 0) is 62.6 Å². The molecular weight excluding hydrogens is 298 g/mol. The summed E-state index contributed by atoms with van der Waals surface area (Å²) >= 11 is 0. The number of hydrogen-bond acceptors (Lipinski definition) is 2. The number of aryl methyl sites for hydroxylation is 1. The second kappa shape index (κ2) is 8.55. The minimum atomic E-state index is -0.427. The first-order valence-corrected chi connectivity index (χ1v) is 9.82. The quantitative estimate of drug-likeness (QED) is 0.879. The van der Waals surface area contributed by atoms with Crippen molar-refractivity contribution in [2.45, 2.75) is 89.7 Å². The zero-order chi connectivity index (χ0) is 16.8. The van der Waals surface area contributed by atoms with E-state index in [2.05, 4.69) is 17.4 Å². The molecule has 3 heteroatoms. The van der Waals surface area contributed by atoms with Crippen LogP contribution in [0.15, 0.2) is 18.2 Å². The number of hydrogen-bond donors (Lipinski definition) is 1. The molecule has 2 aliphatic rings. The summed E-state index contributed by atoms with van der Waals surface area (Å²) < 4.78 is 6.06. The van der Waals surface area contributed by atoms with Gasteiger partial charge in [-0.15, -0.1) is 0 Å². The molecular formula is C21H31NO2. The van der Waals surface area contributed by atoms with Gasteiger partial charge in [0.05, 0.1) is 0 Å². The molecule has 1 N–H and O–H groups in total. The van der Waals surface area contributed by atoms with Gasteiger partial charge in [0.2, 0.25) is 0 Å². The third kappa shape index (κ3) is 4.52. The van der Waals surface area contributed by atoms with E-state index in [4.69, 9.17) is 4.74 Å². The van der Waals surface area contributed by atoms with Gasteiger partial charge in [-0.2, -0.15) is 0 Å². The molecule has 3 rings (SSSR count). The van der Waals surface area contributed by atoms with Crippen LogP contribution in [0.5, 0.6) is 5.75 Å². The molecule has 1 aromatic rings. The summed E-state index contributed by atoms with van der Waals surface area (Å²) in [4.78, 5) is 12.5. The highest BCUT2D eigenvalue weighted by Crippen LogP contribution is 2.30. The van der Waals surface area contributed by atoms with Crippen molar-refractivity contribution in [1.82, 2.24) is 5.32 Å². The number of carbonyl (C=O) groups excluding carboxylic acids is 1. The lowest BCUT2D eigenvalue weighted by atomic mass is 9.91. The number of rotatable bonds is 4. The van der Waals surface area contributed by atoms with E-state index in [1.807, 2.05) is 13.0 Å². The maximum absolute atomic E-state index is 12.5. The lowest BCUT2D eigenvalue weighted by Crippen LogP contribution is -2.42. The van der Waals surface area contributed by atoms with Crippen LogP contribution in [0.2, 0.25) is 0 Å². The third-order valence-corrected chi connectivity index (χ3v) is 5.48. The van der Waals surface area contributed by atoms with Crippen molar-refractivity contribution in [3.8, 4) is 5.75 Å². The maximum Gasteiger partial charge on any atom is 0.260 e.